The van der Waals surface area contributed by atoms with E-state index in [2.05, 4.69) is 5.32 Å². The zero-order chi connectivity index (χ0) is 21.6. The minimum atomic E-state index is -1.58. The van der Waals surface area contributed by atoms with Crippen LogP contribution in [0.15, 0.2) is 24.3 Å². The number of rotatable bonds is 4. The number of benzene rings is 1. The monoisotopic (exact) mass is 401 g/mol. The van der Waals surface area contributed by atoms with Gasteiger partial charge in [0.05, 0.1) is 11.3 Å². The molecule has 0 saturated carbocycles. The molecule has 1 atom stereocenters. The first-order chi connectivity index (χ1) is 13.5. The van der Waals surface area contributed by atoms with Gasteiger partial charge in [0.25, 0.3) is 11.8 Å². The highest BCUT2D eigenvalue weighted by Crippen LogP contribution is 2.45. The lowest BCUT2D eigenvalue weighted by Gasteiger charge is -2.50. The highest BCUT2D eigenvalue weighted by molar-refractivity contribution is 6.15. The Bertz CT molecular complexity index is 873. The van der Waals surface area contributed by atoms with Crippen molar-refractivity contribution < 1.29 is 23.9 Å². The van der Waals surface area contributed by atoms with Gasteiger partial charge in [0.1, 0.15) is 0 Å². The molecule has 0 radical (unpaired) electrons. The summed E-state index contributed by atoms with van der Waals surface area (Å²) in [7, 11) is 0. The molecule has 29 heavy (non-hydrogen) atoms. The number of hydrogen-bond acceptors (Lipinski definition) is 5. The zero-order valence-corrected chi connectivity index (χ0v) is 17.4. The number of nitrogens with one attached hydrogen (secondary N) is 1. The van der Waals surface area contributed by atoms with E-state index in [9.17, 15) is 19.2 Å². The van der Waals surface area contributed by atoms with E-state index in [1.807, 2.05) is 20.8 Å². The van der Waals surface area contributed by atoms with Gasteiger partial charge in [-0.3, -0.25) is 19.3 Å². The molecule has 8 heteroatoms. The van der Waals surface area contributed by atoms with E-state index in [0.29, 0.717) is 11.3 Å². The molecule has 0 unspecified atom stereocenters. The quantitative estimate of drug-likeness (QED) is 0.777. The van der Waals surface area contributed by atoms with Crippen molar-refractivity contribution in [3.63, 3.8) is 0 Å². The molecule has 1 saturated heterocycles. The second kappa shape index (κ2) is 7.17. The van der Waals surface area contributed by atoms with Gasteiger partial charge in [-0.15, -0.1) is 0 Å². The van der Waals surface area contributed by atoms with Gasteiger partial charge in [-0.05, 0) is 46.8 Å². The van der Waals surface area contributed by atoms with E-state index in [4.69, 9.17) is 4.74 Å². The fraction of sp³-hybridized carbons (Fsp3) is 0.524. The Kier molecular flexibility index (Phi) is 5.15. The number of amides is 3. The Morgan fingerprint density at radius 3 is 2.48 bits per heavy atom. The van der Waals surface area contributed by atoms with E-state index < -0.39 is 29.7 Å². The molecule has 0 aromatic heterocycles. The van der Waals surface area contributed by atoms with E-state index in [1.54, 1.807) is 38.1 Å². The van der Waals surface area contributed by atoms with Crippen LogP contribution in [-0.2, 0) is 19.1 Å². The van der Waals surface area contributed by atoms with Crippen LogP contribution in [0, 0.1) is 0 Å². The molecule has 2 aliphatic rings. The number of anilines is 1. The van der Waals surface area contributed by atoms with Crippen molar-refractivity contribution in [1.82, 2.24) is 10.2 Å². The van der Waals surface area contributed by atoms with Gasteiger partial charge >= 0.3 is 5.97 Å². The van der Waals surface area contributed by atoms with Crippen molar-refractivity contribution in [2.75, 3.05) is 11.5 Å². The van der Waals surface area contributed by atoms with Crippen LogP contribution in [0.25, 0.3) is 0 Å². The molecule has 0 aliphatic carbocycles. The predicted octanol–water partition coefficient (Wildman–Crippen LogP) is 1.83. The van der Waals surface area contributed by atoms with Crippen molar-refractivity contribution >= 4 is 29.4 Å². The number of carbonyl (C=O) groups excluding carboxylic acids is 4. The fourth-order valence-corrected chi connectivity index (χ4v) is 4.07. The molecule has 3 amide bonds. The summed E-state index contributed by atoms with van der Waals surface area (Å²) in [6.07, 6.45) is 0.220. The maximum atomic E-state index is 13.3. The fourth-order valence-electron chi connectivity index (χ4n) is 4.07. The predicted molar refractivity (Wildman–Crippen MR) is 106 cm³/mol. The van der Waals surface area contributed by atoms with Crippen LogP contribution in [0.3, 0.4) is 0 Å². The number of nitrogens with zero attached hydrogens (tertiary/aromatic N) is 2. The van der Waals surface area contributed by atoms with Crippen LogP contribution in [0.2, 0.25) is 0 Å². The van der Waals surface area contributed by atoms with Crippen LogP contribution in [0.1, 0.15) is 57.8 Å². The molecule has 3 rings (SSSR count). The molecule has 1 aromatic carbocycles. The summed E-state index contributed by atoms with van der Waals surface area (Å²) in [5.74, 6) is -1.81. The summed E-state index contributed by atoms with van der Waals surface area (Å²) in [5.41, 5.74) is -1.29. The molecule has 1 fully saturated rings. The Balaban J connectivity index is 1.99. The number of fused-ring (bicyclic) bond motifs is 3. The number of esters is 1. The zero-order valence-electron chi connectivity index (χ0n) is 17.4. The molecule has 2 heterocycles. The van der Waals surface area contributed by atoms with E-state index in [0.717, 1.165) is 0 Å². The minimum absolute atomic E-state index is 0.105. The molecule has 0 spiro atoms. The summed E-state index contributed by atoms with van der Waals surface area (Å²) < 4.78 is 5.35. The molecular weight excluding hydrogens is 374 g/mol. The molecule has 1 N–H and O–H groups in total. The van der Waals surface area contributed by atoms with Crippen LogP contribution < -0.4 is 10.2 Å². The normalized spacial score (nSPS) is 21.2. The molecule has 8 nitrogen and oxygen atoms in total. The van der Waals surface area contributed by atoms with Crippen molar-refractivity contribution in [2.24, 2.45) is 0 Å². The third kappa shape index (κ3) is 3.47. The average Bonchev–Trinajstić information content (AvgIpc) is 2.96. The summed E-state index contributed by atoms with van der Waals surface area (Å²) in [6.45, 7) is 8.55. The first kappa shape index (κ1) is 20.8. The Hall–Kier alpha value is -2.90. The van der Waals surface area contributed by atoms with Gasteiger partial charge < -0.3 is 15.0 Å². The van der Waals surface area contributed by atoms with Crippen LogP contribution in [-0.4, -0.2) is 52.4 Å². The minimum Gasteiger partial charge on any atom is -0.452 e. The van der Waals surface area contributed by atoms with Gasteiger partial charge in [0, 0.05) is 24.4 Å². The highest BCUT2D eigenvalue weighted by Gasteiger charge is 2.62. The number of ether oxygens (including phenoxy) is 1. The van der Waals surface area contributed by atoms with E-state index >= 15 is 0 Å². The van der Waals surface area contributed by atoms with Gasteiger partial charge in [0.2, 0.25) is 11.6 Å². The third-order valence-electron chi connectivity index (χ3n) is 4.99. The van der Waals surface area contributed by atoms with E-state index in [-0.39, 0.29) is 30.7 Å². The lowest BCUT2D eigenvalue weighted by atomic mass is 9.95. The van der Waals surface area contributed by atoms with Crippen LogP contribution >= 0.6 is 0 Å². The maximum absolute atomic E-state index is 13.3. The van der Waals surface area contributed by atoms with Crippen LogP contribution in [0.5, 0.6) is 0 Å². The summed E-state index contributed by atoms with van der Waals surface area (Å²) in [6, 6.07) is 6.38. The lowest BCUT2D eigenvalue weighted by Crippen LogP contribution is -2.70. The van der Waals surface area contributed by atoms with Gasteiger partial charge in [-0.1, -0.05) is 12.1 Å². The molecule has 1 aromatic rings. The molecule has 2 aliphatic heterocycles. The Labute approximate surface area is 170 Å². The standard InChI is InChI=1S/C21H27N3O5/c1-13(2)23-18(27)14-8-6-7-9-15(14)24-17(26)10-11-21(23,24)19(28)29-12-16(25)22-20(3,4)5/h6-9,13H,10-12H2,1-5H3,(H,22,25)/t21-/m0/s1. The van der Waals surface area contributed by atoms with Crippen molar-refractivity contribution in [3.05, 3.63) is 29.8 Å². The molecule has 0 bridgehead atoms. The summed E-state index contributed by atoms with van der Waals surface area (Å²) in [5, 5.41) is 2.72. The second-order valence-corrected chi connectivity index (χ2v) is 8.71. The first-order valence-corrected chi connectivity index (χ1v) is 9.73. The number of para-hydroxylation sites is 1. The SMILES string of the molecule is CC(C)N1C(=O)c2ccccc2N2C(=O)CC[C@@]21C(=O)OCC(=O)NC(C)(C)C. The Morgan fingerprint density at radius 2 is 1.86 bits per heavy atom. The highest BCUT2D eigenvalue weighted by atomic mass is 16.5. The van der Waals surface area contributed by atoms with Gasteiger partial charge in [0.15, 0.2) is 6.61 Å². The summed E-state index contributed by atoms with van der Waals surface area (Å²) >= 11 is 0. The summed E-state index contributed by atoms with van der Waals surface area (Å²) in [4.78, 5) is 54.2. The van der Waals surface area contributed by atoms with Crippen molar-refractivity contribution in [1.29, 1.82) is 0 Å². The lowest BCUT2D eigenvalue weighted by molar-refractivity contribution is -0.161. The average molecular weight is 401 g/mol. The molecular formula is C21H27N3O5. The third-order valence-corrected chi connectivity index (χ3v) is 4.99. The second-order valence-electron chi connectivity index (χ2n) is 8.71. The van der Waals surface area contributed by atoms with Crippen molar-refractivity contribution in [3.8, 4) is 0 Å². The number of hydrogen-bond donors (Lipinski definition) is 1. The molecule has 156 valence electrons. The van der Waals surface area contributed by atoms with Crippen molar-refractivity contribution in [2.45, 2.75) is 64.7 Å². The van der Waals surface area contributed by atoms with Gasteiger partial charge in [-0.25, -0.2) is 4.79 Å². The first-order valence-electron chi connectivity index (χ1n) is 9.73. The largest absolute Gasteiger partial charge is 0.452 e. The topological polar surface area (TPSA) is 96.0 Å². The van der Waals surface area contributed by atoms with E-state index in [1.165, 1.54) is 9.80 Å². The smallest absolute Gasteiger partial charge is 0.354 e. The number of carbonyl (C=O) groups is 4. The van der Waals surface area contributed by atoms with Gasteiger partial charge in [-0.2, -0.15) is 0 Å². The van der Waals surface area contributed by atoms with Crippen LogP contribution in [0.4, 0.5) is 5.69 Å². The maximum Gasteiger partial charge on any atom is 0.354 e. The Morgan fingerprint density at radius 1 is 1.21 bits per heavy atom.